The van der Waals surface area contributed by atoms with E-state index >= 15 is 0 Å². The standard InChI is InChI=1S/C37H49F2N3O5S.ClH/c1-5-11-31(12-6-2)48(46,47)24-34(42-36(44)32-16-9-8-13-25(32)4)37(45)41-33(20-28-18-29(38)21-30(39)19-28)35(43)23-40-22-27-15-10-14-26(7-3)17-27;/h8-10,13-19,21,31,33-35,40,43H,5-7,11-12,20,22-24H2,1-4H3,(H,41,45)(H,42,44);1H/t33-,34?,35+;/m0./s1. The van der Waals surface area contributed by atoms with Crippen molar-refractivity contribution in [2.45, 2.75) is 96.2 Å². The largest absolute Gasteiger partial charge is 0.390 e. The van der Waals surface area contributed by atoms with E-state index in [0.717, 1.165) is 35.7 Å². The monoisotopic (exact) mass is 721 g/mol. The third kappa shape index (κ3) is 13.1. The van der Waals surface area contributed by atoms with Crippen molar-refractivity contribution >= 4 is 34.1 Å². The summed E-state index contributed by atoms with van der Waals surface area (Å²) in [6.07, 6.45) is 1.55. The van der Waals surface area contributed by atoms with E-state index in [1.54, 1.807) is 31.2 Å². The minimum Gasteiger partial charge on any atom is -0.390 e. The van der Waals surface area contributed by atoms with E-state index in [1.807, 2.05) is 38.1 Å². The molecule has 0 saturated heterocycles. The number of carbonyl (C=O) groups excluding carboxylic acids is 2. The molecule has 0 aliphatic rings. The number of rotatable bonds is 19. The molecule has 0 aromatic heterocycles. The fraction of sp³-hybridized carbons (Fsp3) is 0.459. The van der Waals surface area contributed by atoms with Gasteiger partial charge in [-0.2, -0.15) is 0 Å². The molecule has 0 fully saturated rings. The highest BCUT2D eigenvalue weighted by Crippen LogP contribution is 2.18. The van der Waals surface area contributed by atoms with Crippen LogP contribution in [-0.4, -0.2) is 61.1 Å². The van der Waals surface area contributed by atoms with Gasteiger partial charge in [-0.25, -0.2) is 17.2 Å². The summed E-state index contributed by atoms with van der Waals surface area (Å²) in [5.41, 5.74) is 3.26. The molecule has 0 bridgehead atoms. The summed E-state index contributed by atoms with van der Waals surface area (Å²) < 4.78 is 55.5. The van der Waals surface area contributed by atoms with Crippen molar-refractivity contribution in [2.24, 2.45) is 0 Å². The highest BCUT2D eigenvalue weighted by atomic mass is 35.5. The normalized spacial score (nSPS) is 13.3. The first-order valence-corrected chi connectivity index (χ1v) is 18.4. The van der Waals surface area contributed by atoms with E-state index in [9.17, 15) is 31.9 Å². The molecule has 8 nitrogen and oxygen atoms in total. The molecule has 0 spiro atoms. The van der Waals surface area contributed by atoms with Crippen LogP contribution in [0.15, 0.2) is 66.7 Å². The van der Waals surface area contributed by atoms with Gasteiger partial charge in [0.2, 0.25) is 5.91 Å². The van der Waals surface area contributed by atoms with Crippen molar-refractivity contribution in [1.82, 2.24) is 16.0 Å². The zero-order valence-electron chi connectivity index (χ0n) is 28.7. The first kappa shape index (κ1) is 41.8. The molecule has 0 heterocycles. The van der Waals surface area contributed by atoms with Crippen molar-refractivity contribution in [3.8, 4) is 0 Å². The van der Waals surface area contributed by atoms with Gasteiger partial charge < -0.3 is 21.1 Å². The number of aryl methyl sites for hydroxylation is 2. The van der Waals surface area contributed by atoms with Gasteiger partial charge in [0, 0.05) is 24.7 Å². The number of carbonyl (C=O) groups is 2. The van der Waals surface area contributed by atoms with Gasteiger partial charge in [0.25, 0.3) is 5.91 Å². The third-order valence-corrected chi connectivity index (χ3v) is 10.7. The second kappa shape index (κ2) is 20.3. The maximum absolute atomic E-state index is 14.1. The van der Waals surface area contributed by atoms with Crippen LogP contribution >= 0.6 is 12.4 Å². The molecule has 2 amide bonds. The van der Waals surface area contributed by atoms with E-state index in [-0.39, 0.29) is 36.5 Å². The number of hydrogen-bond acceptors (Lipinski definition) is 6. The van der Waals surface area contributed by atoms with Gasteiger partial charge >= 0.3 is 0 Å². The van der Waals surface area contributed by atoms with Gasteiger partial charge in [-0.1, -0.05) is 76.1 Å². The lowest BCUT2D eigenvalue weighted by atomic mass is 10.00. The molecule has 3 aromatic carbocycles. The number of nitrogens with one attached hydrogen (secondary N) is 3. The molecule has 0 radical (unpaired) electrons. The number of benzene rings is 3. The molecule has 0 saturated carbocycles. The summed E-state index contributed by atoms with van der Waals surface area (Å²) in [4.78, 5) is 27.3. The Hall–Kier alpha value is -3.38. The lowest BCUT2D eigenvalue weighted by Gasteiger charge is -2.28. The predicted octanol–water partition coefficient (Wildman–Crippen LogP) is 5.62. The molecule has 3 aromatic rings. The number of halogens is 3. The molecule has 3 atom stereocenters. The van der Waals surface area contributed by atoms with Crippen LogP contribution in [-0.2, 0) is 34.0 Å². The molecule has 49 heavy (non-hydrogen) atoms. The van der Waals surface area contributed by atoms with Gasteiger partial charge in [-0.15, -0.1) is 12.4 Å². The Balaban J connectivity index is 0.00000833. The van der Waals surface area contributed by atoms with Crippen LogP contribution in [0, 0.1) is 18.6 Å². The van der Waals surface area contributed by atoms with Crippen molar-refractivity contribution in [3.05, 3.63) is 106 Å². The number of sulfone groups is 1. The van der Waals surface area contributed by atoms with Crippen molar-refractivity contribution in [3.63, 3.8) is 0 Å². The minimum absolute atomic E-state index is 0. The van der Waals surface area contributed by atoms with E-state index < -0.39 is 62.5 Å². The predicted molar refractivity (Wildman–Crippen MR) is 193 cm³/mol. The van der Waals surface area contributed by atoms with Crippen molar-refractivity contribution in [1.29, 1.82) is 0 Å². The Morgan fingerprint density at radius 2 is 1.47 bits per heavy atom. The molecule has 270 valence electrons. The van der Waals surface area contributed by atoms with Gasteiger partial charge in [-0.05, 0) is 73.1 Å². The zero-order chi connectivity index (χ0) is 35.3. The van der Waals surface area contributed by atoms with Crippen LogP contribution < -0.4 is 16.0 Å². The number of amides is 2. The quantitative estimate of drug-likeness (QED) is 0.128. The molecule has 0 aliphatic heterocycles. The zero-order valence-corrected chi connectivity index (χ0v) is 30.3. The molecule has 1 unspecified atom stereocenters. The van der Waals surface area contributed by atoms with Crippen LogP contribution in [0.5, 0.6) is 0 Å². The van der Waals surface area contributed by atoms with Crippen LogP contribution in [0.4, 0.5) is 8.78 Å². The average Bonchev–Trinajstić information content (AvgIpc) is 3.03. The molecular formula is C37H50ClF2N3O5S. The SMILES string of the molecule is CCCC(CCC)S(=O)(=O)CC(NC(=O)c1ccccc1C)C(=O)N[C@@H](Cc1cc(F)cc(F)c1)[C@H](O)CNCc1cccc(CC)c1.Cl. The Bertz CT molecular complexity index is 1600. The van der Waals surface area contributed by atoms with Crippen LogP contribution in [0.3, 0.4) is 0 Å². The lowest BCUT2D eigenvalue weighted by Crippen LogP contribution is -2.57. The Kier molecular flexibility index (Phi) is 17.3. The van der Waals surface area contributed by atoms with Crippen LogP contribution in [0.25, 0.3) is 0 Å². The number of aliphatic hydroxyl groups is 1. The highest BCUT2D eigenvalue weighted by molar-refractivity contribution is 7.92. The second-order valence-electron chi connectivity index (χ2n) is 12.3. The lowest BCUT2D eigenvalue weighted by molar-refractivity contribution is -0.124. The molecule has 12 heteroatoms. The highest BCUT2D eigenvalue weighted by Gasteiger charge is 2.34. The van der Waals surface area contributed by atoms with Gasteiger partial charge in [0.15, 0.2) is 9.84 Å². The second-order valence-corrected chi connectivity index (χ2v) is 14.7. The van der Waals surface area contributed by atoms with E-state index in [1.165, 1.54) is 0 Å². The van der Waals surface area contributed by atoms with Gasteiger partial charge in [-0.3, -0.25) is 9.59 Å². The van der Waals surface area contributed by atoms with Crippen molar-refractivity contribution in [2.75, 3.05) is 12.3 Å². The maximum atomic E-state index is 14.1. The Morgan fingerprint density at radius 1 is 0.837 bits per heavy atom. The van der Waals surface area contributed by atoms with Crippen LogP contribution in [0.2, 0.25) is 0 Å². The summed E-state index contributed by atoms with van der Waals surface area (Å²) in [7, 11) is -3.86. The Morgan fingerprint density at radius 3 is 2.08 bits per heavy atom. The smallest absolute Gasteiger partial charge is 0.252 e. The molecule has 3 rings (SSSR count). The summed E-state index contributed by atoms with van der Waals surface area (Å²) >= 11 is 0. The summed E-state index contributed by atoms with van der Waals surface area (Å²) in [6.45, 7) is 7.98. The summed E-state index contributed by atoms with van der Waals surface area (Å²) in [6, 6.07) is 15.1. The molecular weight excluding hydrogens is 672 g/mol. The maximum Gasteiger partial charge on any atom is 0.252 e. The number of aliphatic hydroxyl groups excluding tert-OH is 1. The van der Waals surface area contributed by atoms with E-state index in [2.05, 4.69) is 22.9 Å². The average molecular weight is 722 g/mol. The van der Waals surface area contributed by atoms with Crippen molar-refractivity contribution < 1.29 is 31.9 Å². The first-order chi connectivity index (χ1) is 22.9. The van der Waals surface area contributed by atoms with Crippen LogP contribution in [0.1, 0.15) is 79.1 Å². The molecule has 4 N–H and O–H groups in total. The molecule has 0 aliphatic carbocycles. The summed E-state index contributed by atoms with van der Waals surface area (Å²) in [5.74, 6) is -3.73. The first-order valence-electron chi connectivity index (χ1n) is 16.7. The summed E-state index contributed by atoms with van der Waals surface area (Å²) in [5, 5.41) is 19.1. The van der Waals surface area contributed by atoms with Gasteiger partial charge in [0.05, 0.1) is 23.1 Å². The van der Waals surface area contributed by atoms with E-state index in [0.29, 0.717) is 37.8 Å². The number of hydrogen-bond donors (Lipinski definition) is 4. The topological polar surface area (TPSA) is 125 Å². The van der Waals surface area contributed by atoms with Gasteiger partial charge in [0.1, 0.15) is 17.7 Å². The fourth-order valence-corrected chi connectivity index (χ4v) is 7.94. The third-order valence-electron chi connectivity index (χ3n) is 8.39. The Labute approximate surface area is 295 Å². The van der Waals surface area contributed by atoms with E-state index in [4.69, 9.17) is 0 Å². The minimum atomic E-state index is -3.86. The fourth-order valence-electron chi connectivity index (χ4n) is 5.78.